The molecule has 1 aromatic carbocycles. The van der Waals surface area contributed by atoms with Crippen LogP contribution in [0.3, 0.4) is 0 Å². The summed E-state index contributed by atoms with van der Waals surface area (Å²) in [6.45, 7) is 1.18. The number of hydrogen-bond acceptors (Lipinski definition) is 3. The van der Waals surface area contributed by atoms with Gasteiger partial charge in [-0.3, -0.25) is 4.98 Å². The summed E-state index contributed by atoms with van der Waals surface area (Å²) in [6, 6.07) is 12.6. The minimum atomic E-state index is -4.45. The van der Waals surface area contributed by atoms with Gasteiger partial charge in [0, 0.05) is 37.5 Å². The zero-order chi connectivity index (χ0) is 17.2. The summed E-state index contributed by atoms with van der Waals surface area (Å²) >= 11 is 0. The first-order valence-corrected chi connectivity index (χ1v) is 7.93. The average molecular weight is 336 g/mol. The number of pyridine rings is 1. The molecule has 1 aromatic heterocycles. The van der Waals surface area contributed by atoms with Crippen LogP contribution in [0.1, 0.15) is 23.6 Å². The van der Waals surface area contributed by atoms with Crippen molar-refractivity contribution in [2.45, 2.75) is 18.5 Å². The fraction of sp³-hybridized carbons (Fsp3) is 0.389. The highest BCUT2D eigenvalue weighted by Crippen LogP contribution is 2.36. The first kappa shape index (κ1) is 16.8. The minimum Gasteiger partial charge on any atom is -0.396 e. The lowest BCUT2D eigenvalue weighted by Crippen LogP contribution is -2.41. The van der Waals surface area contributed by atoms with Crippen LogP contribution in [0.25, 0.3) is 0 Å². The smallest absolute Gasteiger partial charge is 0.396 e. The monoisotopic (exact) mass is 336 g/mol. The number of anilines is 1. The molecule has 128 valence electrons. The first-order valence-electron chi connectivity index (χ1n) is 7.93. The van der Waals surface area contributed by atoms with Gasteiger partial charge in [0.2, 0.25) is 0 Å². The molecule has 0 saturated carbocycles. The Balaban J connectivity index is 1.79. The standard InChI is InChI=1S/C18H19F3N2O/c19-18(20,21)17-10-15(6-8-22-17)23-9-7-16(14(11-23)12-24)13-4-2-1-3-5-13/h1-6,8,10,14,16,24H,7,9,11-12H2/t14-,16+/m1/s1. The van der Waals surface area contributed by atoms with Crippen molar-refractivity contribution in [1.82, 2.24) is 4.98 Å². The fourth-order valence-corrected chi connectivity index (χ4v) is 3.36. The van der Waals surface area contributed by atoms with E-state index in [0.717, 1.165) is 12.5 Å². The highest BCUT2D eigenvalue weighted by molar-refractivity contribution is 5.48. The van der Waals surface area contributed by atoms with Crippen molar-refractivity contribution in [2.24, 2.45) is 5.92 Å². The molecule has 0 spiro atoms. The molecule has 3 rings (SSSR count). The molecule has 1 N–H and O–H groups in total. The van der Waals surface area contributed by atoms with E-state index < -0.39 is 11.9 Å². The molecule has 0 bridgehead atoms. The summed E-state index contributed by atoms with van der Waals surface area (Å²) in [5, 5.41) is 9.75. The van der Waals surface area contributed by atoms with Crippen LogP contribution in [0.15, 0.2) is 48.7 Å². The number of hydrogen-bond donors (Lipinski definition) is 1. The average Bonchev–Trinajstić information content (AvgIpc) is 2.61. The van der Waals surface area contributed by atoms with Gasteiger partial charge < -0.3 is 10.0 Å². The highest BCUT2D eigenvalue weighted by atomic mass is 19.4. The number of aromatic nitrogens is 1. The number of rotatable bonds is 3. The van der Waals surface area contributed by atoms with Crippen LogP contribution in [-0.4, -0.2) is 29.8 Å². The second-order valence-electron chi connectivity index (χ2n) is 6.09. The maximum Gasteiger partial charge on any atom is 0.433 e. The Labute approximate surface area is 138 Å². The molecule has 3 nitrogen and oxygen atoms in total. The molecule has 2 atom stereocenters. The topological polar surface area (TPSA) is 36.4 Å². The molecule has 2 aromatic rings. The van der Waals surface area contributed by atoms with Crippen molar-refractivity contribution in [3.05, 3.63) is 59.9 Å². The Kier molecular flexibility index (Phi) is 4.76. The summed E-state index contributed by atoms with van der Waals surface area (Å²) in [7, 11) is 0. The second kappa shape index (κ2) is 6.81. The molecule has 0 amide bonds. The molecule has 1 aliphatic heterocycles. The Morgan fingerprint density at radius 1 is 1.17 bits per heavy atom. The summed E-state index contributed by atoms with van der Waals surface area (Å²) < 4.78 is 38.5. The number of benzene rings is 1. The van der Waals surface area contributed by atoms with Gasteiger partial charge in [0.1, 0.15) is 5.69 Å². The fourth-order valence-electron chi connectivity index (χ4n) is 3.36. The third kappa shape index (κ3) is 3.53. The zero-order valence-electron chi connectivity index (χ0n) is 13.1. The van der Waals surface area contributed by atoms with Crippen LogP contribution in [-0.2, 0) is 6.18 Å². The van der Waals surface area contributed by atoms with Crippen LogP contribution in [0, 0.1) is 5.92 Å². The van der Waals surface area contributed by atoms with Gasteiger partial charge in [-0.25, -0.2) is 0 Å². The van der Waals surface area contributed by atoms with Crippen molar-refractivity contribution in [1.29, 1.82) is 0 Å². The molecule has 1 aliphatic rings. The van der Waals surface area contributed by atoms with Crippen molar-refractivity contribution in [3.63, 3.8) is 0 Å². The lowest BCUT2D eigenvalue weighted by Gasteiger charge is -2.39. The minimum absolute atomic E-state index is 0.00721. The van der Waals surface area contributed by atoms with Crippen molar-refractivity contribution >= 4 is 5.69 Å². The van der Waals surface area contributed by atoms with E-state index in [1.807, 2.05) is 35.2 Å². The summed E-state index contributed by atoms with van der Waals surface area (Å²) in [4.78, 5) is 5.31. The number of aliphatic hydroxyl groups excluding tert-OH is 1. The Bertz CT molecular complexity index is 675. The molecular formula is C18H19F3N2O. The predicted molar refractivity (Wildman–Crippen MR) is 85.8 cm³/mol. The summed E-state index contributed by atoms with van der Waals surface area (Å²) in [5.41, 5.74) is 0.787. The van der Waals surface area contributed by atoms with Crippen LogP contribution in [0.2, 0.25) is 0 Å². The van der Waals surface area contributed by atoms with Gasteiger partial charge >= 0.3 is 6.18 Å². The van der Waals surface area contributed by atoms with Crippen molar-refractivity contribution in [2.75, 3.05) is 24.6 Å². The normalized spacial score (nSPS) is 21.8. The Morgan fingerprint density at radius 2 is 1.92 bits per heavy atom. The predicted octanol–water partition coefficient (Wildman–Crippen LogP) is 3.70. The van der Waals surface area contributed by atoms with E-state index in [9.17, 15) is 18.3 Å². The van der Waals surface area contributed by atoms with E-state index in [4.69, 9.17) is 0 Å². The van der Waals surface area contributed by atoms with Gasteiger partial charge in [0.05, 0.1) is 0 Å². The van der Waals surface area contributed by atoms with E-state index in [-0.39, 0.29) is 18.4 Å². The maximum absolute atomic E-state index is 12.8. The molecule has 24 heavy (non-hydrogen) atoms. The van der Waals surface area contributed by atoms with Crippen molar-refractivity contribution < 1.29 is 18.3 Å². The number of aliphatic hydroxyl groups is 1. The molecule has 1 fully saturated rings. The van der Waals surface area contributed by atoms with Gasteiger partial charge in [0.25, 0.3) is 0 Å². The van der Waals surface area contributed by atoms with Crippen LogP contribution < -0.4 is 4.90 Å². The van der Waals surface area contributed by atoms with E-state index in [2.05, 4.69) is 4.98 Å². The highest BCUT2D eigenvalue weighted by Gasteiger charge is 2.34. The van der Waals surface area contributed by atoms with Gasteiger partial charge in [-0.1, -0.05) is 30.3 Å². The number of halogens is 3. The second-order valence-corrected chi connectivity index (χ2v) is 6.09. The van der Waals surface area contributed by atoms with Crippen LogP contribution in [0.4, 0.5) is 18.9 Å². The number of nitrogens with zero attached hydrogens (tertiary/aromatic N) is 2. The van der Waals surface area contributed by atoms with E-state index in [1.54, 1.807) is 6.07 Å². The first-order chi connectivity index (χ1) is 11.5. The Morgan fingerprint density at radius 3 is 2.58 bits per heavy atom. The molecule has 1 saturated heterocycles. The van der Waals surface area contributed by atoms with Crippen molar-refractivity contribution in [3.8, 4) is 0 Å². The number of alkyl halides is 3. The third-order valence-corrected chi connectivity index (χ3v) is 4.60. The zero-order valence-corrected chi connectivity index (χ0v) is 13.1. The lowest BCUT2D eigenvalue weighted by atomic mass is 9.81. The quantitative estimate of drug-likeness (QED) is 0.928. The van der Waals surface area contributed by atoms with Gasteiger partial charge in [-0.05, 0) is 30.0 Å². The van der Waals surface area contributed by atoms with E-state index >= 15 is 0 Å². The molecular weight excluding hydrogens is 317 g/mol. The van der Waals surface area contributed by atoms with E-state index in [0.29, 0.717) is 18.8 Å². The van der Waals surface area contributed by atoms with E-state index in [1.165, 1.54) is 11.8 Å². The maximum atomic E-state index is 12.8. The molecule has 0 radical (unpaired) electrons. The van der Waals surface area contributed by atoms with Gasteiger partial charge in [-0.15, -0.1) is 0 Å². The number of piperidine rings is 1. The molecule has 6 heteroatoms. The third-order valence-electron chi connectivity index (χ3n) is 4.60. The summed E-state index contributed by atoms with van der Waals surface area (Å²) in [5.74, 6) is 0.208. The SMILES string of the molecule is OC[C@H]1CN(c2ccnc(C(F)(F)F)c2)CC[C@H]1c1ccccc1. The molecule has 2 heterocycles. The van der Waals surface area contributed by atoms with Crippen LogP contribution >= 0.6 is 0 Å². The van der Waals surface area contributed by atoms with Gasteiger partial charge in [0.15, 0.2) is 0 Å². The lowest BCUT2D eigenvalue weighted by molar-refractivity contribution is -0.141. The Hall–Kier alpha value is -2.08. The molecule has 0 unspecified atom stereocenters. The molecule has 0 aliphatic carbocycles. The summed E-state index contributed by atoms with van der Waals surface area (Å²) in [6.07, 6.45) is -2.47. The largest absolute Gasteiger partial charge is 0.433 e. The van der Waals surface area contributed by atoms with Gasteiger partial charge in [-0.2, -0.15) is 13.2 Å². The van der Waals surface area contributed by atoms with Crippen LogP contribution in [0.5, 0.6) is 0 Å².